The quantitative estimate of drug-likeness (QED) is 0.0896. The van der Waals surface area contributed by atoms with E-state index in [0.29, 0.717) is 0 Å². The Kier molecular flexibility index (Phi) is 20.5. The van der Waals surface area contributed by atoms with E-state index in [2.05, 4.69) is 449 Å². The summed E-state index contributed by atoms with van der Waals surface area (Å²) in [6.45, 7) is 14.5. The van der Waals surface area contributed by atoms with Crippen LogP contribution in [0.3, 0.4) is 0 Å². The second kappa shape index (κ2) is 32.0. The molecule has 0 amide bonds. The maximum atomic E-state index is 6.36. The van der Waals surface area contributed by atoms with Gasteiger partial charge in [0.2, 0.25) is 0 Å². The Bertz CT molecular complexity index is 7310. The summed E-state index contributed by atoms with van der Waals surface area (Å²) in [4.78, 5) is 20.4. The molecule has 0 bridgehead atoms. The molecular weight excluding hydrogens is 1640 g/mol. The first kappa shape index (κ1) is 78.9. The third-order valence-electron chi connectivity index (χ3n) is 25.9. The van der Waals surface area contributed by atoms with Crippen LogP contribution in [-0.2, 0) is 65.9 Å². The standard InChI is InChI=1S/C53H37N3.C44H36BNO2.C15H13BrN2.Y/c1-2-56-50-24-14-13-23-49(50)55-52(56)38-31-27-36(28-32-38)35-25-29-37(30-26-35)51-45-33-44-41-19-9-11-21-46(41)53(39-15-5-3-6-16-39,40-17-7-4-8-18-40)47(44)34-43(45)42-20-10-12-22-48(42)54-51;1-42(2)43(3,4)48-45(47-42)32-25-23-29(24-26-32)41-37-27-36-33-19-11-13-21-38(33)44(30-15-7-5-8-16-30,31-17-9-6-10-18-31)39(36)28-35(37)34-20-12-14-22-40(34)46-41;1-2-18-14-6-4-3-5-13(14)17-15(18)11-7-9-12(16)10-8-11;/h3-34H,2H2,1H3;5-28H,1-4H3;3-10H,2H2,1H3;. The summed E-state index contributed by atoms with van der Waals surface area (Å²) < 4.78 is 18.3. The number of para-hydroxylation sites is 6. The fourth-order valence-corrected chi connectivity index (χ4v) is 19.7. The molecule has 1 saturated heterocycles. The first-order chi connectivity index (χ1) is 59.8. The van der Waals surface area contributed by atoms with E-state index < -0.39 is 29.2 Å². The number of halogens is 1. The summed E-state index contributed by atoms with van der Waals surface area (Å²) >= 11 is 3.46. The molecule has 0 atom stereocenters. The van der Waals surface area contributed by atoms with Gasteiger partial charge in [0.25, 0.3) is 0 Å². The van der Waals surface area contributed by atoms with Crippen LogP contribution in [0.5, 0.6) is 0 Å². The molecule has 1 fully saturated rings. The Morgan fingerprint density at radius 2 is 0.602 bits per heavy atom. The van der Waals surface area contributed by atoms with E-state index in [9.17, 15) is 0 Å². The van der Waals surface area contributed by atoms with Gasteiger partial charge in [0.15, 0.2) is 0 Å². The van der Waals surface area contributed by atoms with Crippen LogP contribution in [0.1, 0.15) is 86.1 Å². The van der Waals surface area contributed by atoms with Crippen molar-refractivity contribution in [3.8, 4) is 78.7 Å². The smallest absolute Gasteiger partial charge is 0.399 e. The number of hydrogen-bond acceptors (Lipinski definition) is 6. The van der Waals surface area contributed by atoms with Crippen LogP contribution < -0.4 is 5.46 Å². The number of aromatic nitrogens is 6. The zero-order valence-electron chi connectivity index (χ0n) is 69.4. The Labute approximate surface area is 751 Å². The number of fused-ring (bicyclic) bond motifs is 14. The predicted molar refractivity (Wildman–Crippen MR) is 508 cm³/mol. The van der Waals surface area contributed by atoms with Crippen molar-refractivity contribution in [1.29, 1.82) is 0 Å². The summed E-state index contributed by atoms with van der Waals surface area (Å²) in [5, 5.41) is 7.03. The van der Waals surface area contributed by atoms with E-state index in [1.807, 2.05) is 6.07 Å². The largest absolute Gasteiger partial charge is 0.494 e. The van der Waals surface area contributed by atoms with E-state index in [4.69, 9.17) is 29.2 Å². The molecule has 8 nitrogen and oxygen atoms in total. The van der Waals surface area contributed by atoms with Crippen LogP contribution in [0.4, 0.5) is 0 Å². The van der Waals surface area contributed by atoms with Gasteiger partial charge in [-0.25, -0.2) is 19.9 Å². The molecule has 589 valence electrons. The van der Waals surface area contributed by atoms with Gasteiger partial charge in [0, 0.05) is 94.1 Å². The van der Waals surface area contributed by atoms with Gasteiger partial charge < -0.3 is 18.4 Å². The summed E-state index contributed by atoms with van der Waals surface area (Å²) in [6.07, 6.45) is 0. The van der Waals surface area contributed by atoms with E-state index in [1.165, 1.54) is 99.7 Å². The van der Waals surface area contributed by atoms with Crippen LogP contribution in [0.2, 0.25) is 0 Å². The van der Waals surface area contributed by atoms with Crippen molar-refractivity contribution in [1.82, 2.24) is 29.1 Å². The number of benzene rings is 16. The molecule has 2 aliphatic carbocycles. The maximum absolute atomic E-state index is 6.36. The first-order valence-electron chi connectivity index (χ1n) is 42.3. The van der Waals surface area contributed by atoms with Gasteiger partial charge in [-0.2, -0.15) is 0 Å². The molecule has 20 aromatic rings. The van der Waals surface area contributed by atoms with Crippen molar-refractivity contribution in [2.24, 2.45) is 0 Å². The molecule has 23 rings (SSSR count). The predicted octanol–water partition coefficient (Wildman–Crippen LogP) is 27.3. The topological polar surface area (TPSA) is 79.9 Å². The minimum atomic E-state index is -0.465. The molecule has 0 unspecified atom stereocenters. The average molecular weight is 1730 g/mol. The zero-order valence-corrected chi connectivity index (χ0v) is 73.8. The van der Waals surface area contributed by atoms with Crippen LogP contribution in [0.15, 0.2) is 393 Å². The van der Waals surface area contributed by atoms with Crippen molar-refractivity contribution >= 4 is 93.9 Å². The molecule has 16 aromatic carbocycles. The second-order valence-corrected chi connectivity index (χ2v) is 34.0. The molecule has 4 aromatic heterocycles. The number of nitrogens with zero attached hydrogens (tertiary/aromatic N) is 6. The molecule has 0 N–H and O–H groups in total. The van der Waals surface area contributed by atoms with Gasteiger partial charge in [-0.3, -0.25) is 0 Å². The fraction of sp³-hybridized carbons (Fsp3) is 0.107. The Morgan fingerprint density at radius 1 is 0.285 bits per heavy atom. The fourth-order valence-electron chi connectivity index (χ4n) is 19.5. The number of hydrogen-bond donors (Lipinski definition) is 0. The maximum Gasteiger partial charge on any atom is 0.494 e. The minimum absolute atomic E-state index is 0. The Balaban J connectivity index is 0.000000130. The monoisotopic (exact) mass is 1730 g/mol. The normalized spacial score (nSPS) is 14.2. The summed E-state index contributed by atoms with van der Waals surface area (Å²) in [5.41, 5.74) is 29.8. The molecule has 1 aliphatic heterocycles. The Morgan fingerprint density at radius 3 is 0.992 bits per heavy atom. The Hall–Kier alpha value is -12.6. The number of aryl methyl sites for hydroxylation is 2. The molecule has 0 saturated carbocycles. The van der Waals surface area contributed by atoms with Crippen molar-refractivity contribution in [2.75, 3.05) is 0 Å². The van der Waals surface area contributed by atoms with Gasteiger partial charge >= 0.3 is 7.12 Å². The number of imidazole rings is 2. The van der Waals surface area contributed by atoms with E-state index in [1.54, 1.807) is 0 Å². The van der Waals surface area contributed by atoms with Crippen LogP contribution in [0.25, 0.3) is 144 Å². The summed E-state index contributed by atoms with van der Waals surface area (Å²) in [7, 11) is -0.408. The second-order valence-electron chi connectivity index (χ2n) is 33.1. The molecule has 0 spiro atoms. The minimum Gasteiger partial charge on any atom is -0.399 e. The summed E-state index contributed by atoms with van der Waals surface area (Å²) in [6, 6.07) is 140. The molecule has 5 heterocycles. The molecule has 11 heteroatoms. The van der Waals surface area contributed by atoms with Gasteiger partial charge in [-0.15, -0.1) is 0 Å². The third-order valence-corrected chi connectivity index (χ3v) is 26.5. The SMILES string of the molecule is CC1(C)OB(c2ccc(-c3nc4ccccc4c4cc5c(cc34)-c3ccccc3C5(c3ccccc3)c3ccccc3)cc2)OC1(C)C.CCn1c(-c2ccc(-c3ccc(-c4nc5ccccc5c5cc6c(cc45)-c4ccccc4C6(c4ccccc4)c4ccccc4)cc3)cc2)nc2ccccc21.CCn1c(-c2ccc(Br)cc2)nc2ccccc21.[Y]. The van der Waals surface area contributed by atoms with Crippen LogP contribution in [-0.4, -0.2) is 47.4 Å². The van der Waals surface area contributed by atoms with E-state index in [-0.39, 0.29) is 32.7 Å². The molecular formula is C112H86BBrN6O2Y. The summed E-state index contributed by atoms with van der Waals surface area (Å²) in [5.74, 6) is 2.04. The van der Waals surface area contributed by atoms with Crippen molar-refractivity contribution in [2.45, 2.75) is 76.7 Å². The average Bonchev–Trinajstić information content (AvgIpc) is 1.54. The van der Waals surface area contributed by atoms with E-state index in [0.717, 1.165) is 112 Å². The van der Waals surface area contributed by atoms with Crippen molar-refractivity contribution in [3.63, 3.8) is 0 Å². The van der Waals surface area contributed by atoms with Crippen molar-refractivity contribution in [3.05, 3.63) is 437 Å². The molecule has 123 heavy (non-hydrogen) atoms. The van der Waals surface area contributed by atoms with Gasteiger partial charge in [-0.1, -0.05) is 331 Å². The number of pyridine rings is 2. The first-order valence-corrected chi connectivity index (χ1v) is 43.1. The van der Waals surface area contributed by atoms with Gasteiger partial charge in [0.05, 0.1) is 66.5 Å². The van der Waals surface area contributed by atoms with Gasteiger partial charge in [-0.05, 0) is 208 Å². The van der Waals surface area contributed by atoms with Gasteiger partial charge in [0.1, 0.15) is 11.6 Å². The number of rotatable bonds is 12. The molecule has 1 radical (unpaired) electrons. The molecule has 3 aliphatic rings. The van der Waals surface area contributed by atoms with Crippen LogP contribution >= 0.6 is 15.9 Å². The van der Waals surface area contributed by atoms with Crippen LogP contribution in [0, 0.1) is 0 Å². The van der Waals surface area contributed by atoms with Crippen molar-refractivity contribution < 1.29 is 42.0 Å². The van der Waals surface area contributed by atoms with E-state index >= 15 is 0 Å². The third kappa shape index (κ3) is 13.3. The zero-order chi connectivity index (χ0) is 82.4.